The fourth-order valence-electron chi connectivity index (χ4n) is 3.64. The van der Waals surface area contributed by atoms with E-state index in [1.807, 2.05) is 0 Å². The van der Waals surface area contributed by atoms with E-state index in [1.165, 1.54) is 109 Å². The molecule has 0 heterocycles. The van der Waals surface area contributed by atoms with Gasteiger partial charge in [-0.2, -0.15) is 0 Å². The highest BCUT2D eigenvalue weighted by atomic mass is 35.5. The van der Waals surface area contributed by atoms with Crippen molar-refractivity contribution < 1.29 is 4.79 Å². The summed E-state index contributed by atoms with van der Waals surface area (Å²) in [7, 11) is 0. The van der Waals surface area contributed by atoms with Gasteiger partial charge in [0.15, 0.2) is 0 Å². The van der Waals surface area contributed by atoms with Gasteiger partial charge in [0.25, 0.3) is 0 Å². The molecule has 0 fully saturated rings. The molecule has 0 atom stereocenters. The van der Waals surface area contributed by atoms with E-state index in [0.29, 0.717) is 6.42 Å². The summed E-state index contributed by atoms with van der Waals surface area (Å²) < 4.78 is 0. The molecule has 0 saturated heterocycles. The molecule has 0 rings (SSSR count). The maximum absolute atomic E-state index is 10.6. The predicted molar refractivity (Wildman–Crippen MR) is 118 cm³/mol. The van der Waals surface area contributed by atoms with Gasteiger partial charge in [-0.15, -0.1) is 0 Å². The molecule has 0 aromatic rings. The SMILES string of the molecule is CC(C)CCCCCCCCCCCCCCCCCCCCC(=O)Cl. The summed E-state index contributed by atoms with van der Waals surface area (Å²) in [5.41, 5.74) is 0. The number of carbonyl (C=O) groups excluding carboxylic acids is 1. The maximum atomic E-state index is 10.6. The first-order chi connectivity index (χ1) is 12.6. The van der Waals surface area contributed by atoms with Crippen LogP contribution in [0.2, 0.25) is 0 Å². The third kappa shape index (κ3) is 24.0. The lowest BCUT2D eigenvalue weighted by molar-refractivity contribution is -0.111. The zero-order valence-electron chi connectivity index (χ0n) is 18.0. The molecule has 26 heavy (non-hydrogen) atoms. The molecule has 0 aliphatic carbocycles. The van der Waals surface area contributed by atoms with Crippen molar-refractivity contribution in [2.24, 2.45) is 5.92 Å². The number of rotatable bonds is 21. The second-order valence-electron chi connectivity index (χ2n) is 8.65. The Morgan fingerprint density at radius 1 is 0.538 bits per heavy atom. The molecule has 2 heteroatoms. The molecular formula is C24H47ClO. The van der Waals surface area contributed by atoms with Crippen LogP contribution in [0, 0.1) is 5.92 Å². The van der Waals surface area contributed by atoms with Gasteiger partial charge < -0.3 is 0 Å². The van der Waals surface area contributed by atoms with Gasteiger partial charge in [-0.25, -0.2) is 0 Å². The largest absolute Gasteiger partial charge is 0.281 e. The number of unbranched alkanes of at least 4 members (excludes halogenated alkanes) is 17. The van der Waals surface area contributed by atoms with Crippen molar-refractivity contribution in [2.45, 2.75) is 142 Å². The monoisotopic (exact) mass is 386 g/mol. The smallest absolute Gasteiger partial charge is 0.221 e. The minimum absolute atomic E-state index is 0.179. The molecule has 0 radical (unpaired) electrons. The van der Waals surface area contributed by atoms with Crippen LogP contribution in [0.3, 0.4) is 0 Å². The molecule has 0 aromatic heterocycles. The summed E-state index contributed by atoms with van der Waals surface area (Å²) in [6, 6.07) is 0. The highest BCUT2D eigenvalue weighted by molar-refractivity contribution is 6.63. The van der Waals surface area contributed by atoms with Gasteiger partial charge in [0.2, 0.25) is 5.24 Å². The van der Waals surface area contributed by atoms with Crippen LogP contribution in [0.4, 0.5) is 0 Å². The first-order valence-corrected chi connectivity index (χ1v) is 12.2. The first-order valence-electron chi connectivity index (χ1n) is 11.8. The average molecular weight is 387 g/mol. The van der Waals surface area contributed by atoms with Gasteiger partial charge in [-0.1, -0.05) is 129 Å². The normalized spacial score (nSPS) is 11.4. The lowest BCUT2D eigenvalue weighted by atomic mass is 10.0. The molecule has 0 aromatic carbocycles. The van der Waals surface area contributed by atoms with Gasteiger partial charge in [-0.3, -0.25) is 4.79 Å². The van der Waals surface area contributed by atoms with E-state index < -0.39 is 0 Å². The van der Waals surface area contributed by atoms with Gasteiger partial charge in [0, 0.05) is 6.42 Å². The van der Waals surface area contributed by atoms with Crippen LogP contribution in [0.5, 0.6) is 0 Å². The molecule has 0 amide bonds. The van der Waals surface area contributed by atoms with E-state index in [2.05, 4.69) is 13.8 Å². The second-order valence-corrected chi connectivity index (χ2v) is 9.07. The van der Waals surface area contributed by atoms with Gasteiger partial charge in [0.05, 0.1) is 0 Å². The van der Waals surface area contributed by atoms with Crippen molar-refractivity contribution in [2.75, 3.05) is 0 Å². The molecule has 0 aliphatic rings. The quantitative estimate of drug-likeness (QED) is 0.142. The van der Waals surface area contributed by atoms with E-state index in [9.17, 15) is 4.79 Å². The van der Waals surface area contributed by atoms with E-state index in [1.54, 1.807) is 0 Å². The number of hydrogen-bond donors (Lipinski definition) is 0. The van der Waals surface area contributed by atoms with Crippen molar-refractivity contribution in [1.82, 2.24) is 0 Å². The van der Waals surface area contributed by atoms with Crippen LogP contribution in [0.25, 0.3) is 0 Å². The maximum Gasteiger partial charge on any atom is 0.221 e. The van der Waals surface area contributed by atoms with E-state index in [0.717, 1.165) is 18.8 Å². The molecule has 0 unspecified atom stereocenters. The fraction of sp³-hybridized carbons (Fsp3) is 0.958. The van der Waals surface area contributed by atoms with Crippen molar-refractivity contribution in [3.05, 3.63) is 0 Å². The summed E-state index contributed by atoms with van der Waals surface area (Å²) in [6.45, 7) is 4.66. The summed E-state index contributed by atoms with van der Waals surface area (Å²) in [6.07, 6.45) is 26.8. The lowest BCUT2D eigenvalue weighted by Crippen LogP contribution is -1.87. The van der Waals surface area contributed by atoms with E-state index >= 15 is 0 Å². The van der Waals surface area contributed by atoms with Crippen molar-refractivity contribution >= 4 is 16.8 Å². The molecule has 0 bridgehead atoms. The van der Waals surface area contributed by atoms with Crippen LogP contribution in [-0.2, 0) is 4.79 Å². The molecule has 156 valence electrons. The fourth-order valence-corrected chi connectivity index (χ4v) is 3.78. The van der Waals surface area contributed by atoms with Crippen molar-refractivity contribution in [3.63, 3.8) is 0 Å². The highest BCUT2D eigenvalue weighted by Gasteiger charge is 1.97. The Hall–Kier alpha value is -0.0400. The van der Waals surface area contributed by atoms with Crippen LogP contribution < -0.4 is 0 Å². The first kappa shape index (κ1) is 26.0. The molecule has 0 N–H and O–H groups in total. The number of carbonyl (C=O) groups is 1. The van der Waals surface area contributed by atoms with E-state index in [-0.39, 0.29) is 5.24 Å². The predicted octanol–water partition coefficient (Wildman–Crippen LogP) is 9.21. The Kier molecular flexibility index (Phi) is 21.2. The minimum atomic E-state index is -0.179. The van der Waals surface area contributed by atoms with Gasteiger partial charge >= 0.3 is 0 Å². The van der Waals surface area contributed by atoms with Crippen LogP contribution in [-0.4, -0.2) is 5.24 Å². The summed E-state index contributed by atoms with van der Waals surface area (Å²) >= 11 is 5.33. The Balaban J connectivity index is 3.00. The number of hydrogen-bond acceptors (Lipinski definition) is 1. The van der Waals surface area contributed by atoms with Crippen molar-refractivity contribution in [3.8, 4) is 0 Å². The molecule has 1 nitrogen and oxygen atoms in total. The summed E-state index contributed by atoms with van der Waals surface area (Å²) in [5.74, 6) is 0.884. The molecule has 0 spiro atoms. The Bertz CT molecular complexity index is 288. The second kappa shape index (κ2) is 21.3. The molecule has 0 saturated carbocycles. The standard InChI is InChI=1S/C24H47ClO/c1-23(2)21-19-17-15-13-11-9-7-5-3-4-6-8-10-12-14-16-18-20-22-24(25)26/h23H,3-22H2,1-2H3. The molecule has 0 aliphatic heterocycles. The third-order valence-electron chi connectivity index (χ3n) is 5.40. The zero-order chi connectivity index (χ0) is 19.3. The molecular weight excluding hydrogens is 340 g/mol. The van der Waals surface area contributed by atoms with E-state index in [4.69, 9.17) is 11.6 Å². The van der Waals surface area contributed by atoms with Gasteiger partial charge in [0.1, 0.15) is 0 Å². The van der Waals surface area contributed by atoms with Crippen LogP contribution in [0.15, 0.2) is 0 Å². The van der Waals surface area contributed by atoms with Crippen molar-refractivity contribution in [1.29, 1.82) is 0 Å². The zero-order valence-corrected chi connectivity index (χ0v) is 18.8. The van der Waals surface area contributed by atoms with Crippen LogP contribution >= 0.6 is 11.6 Å². The number of halogens is 1. The topological polar surface area (TPSA) is 17.1 Å². The average Bonchev–Trinajstić information content (AvgIpc) is 2.59. The minimum Gasteiger partial charge on any atom is -0.281 e. The Morgan fingerprint density at radius 3 is 1.08 bits per heavy atom. The van der Waals surface area contributed by atoms with Crippen LogP contribution in [0.1, 0.15) is 142 Å². The summed E-state index contributed by atoms with van der Waals surface area (Å²) in [5, 5.41) is -0.179. The van der Waals surface area contributed by atoms with Gasteiger partial charge in [-0.05, 0) is 23.9 Å². The lowest BCUT2D eigenvalue weighted by Gasteiger charge is -2.05. The third-order valence-corrected chi connectivity index (χ3v) is 5.59. The highest BCUT2D eigenvalue weighted by Crippen LogP contribution is 2.15. The Labute approximate surface area is 170 Å². The summed E-state index contributed by atoms with van der Waals surface area (Å²) in [4.78, 5) is 10.6. The Morgan fingerprint density at radius 2 is 0.808 bits per heavy atom.